The Kier molecular flexibility index (Phi) is 7.89. The molecule has 1 amide bonds. The van der Waals surface area contributed by atoms with Crippen LogP contribution in [0.4, 0.5) is 0 Å². The minimum absolute atomic E-state index is 0.0331. The zero-order valence-corrected chi connectivity index (χ0v) is 16.5. The molecule has 0 saturated carbocycles. The fourth-order valence-electron chi connectivity index (χ4n) is 3.35. The van der Waals surface area contributed by atoms with Crippen molar-refractivity contribution in [2.75, 3.05) is 27.4 Å². The first kappa shape index (κ1) is 21.5. The molecule has 1 aromatic carbocycles. The Hall–Kier alpha value is -1.83. The third kappa shape index (κ3) is 6.09. The SMILES string of the molecule is COc1ccc(CC(C)(CO)NC(=O)C(N)CC2CCCCO2)cc1OC. The van der Waals surface area contributed by atoms with Crippen LogP contribution < -0.4 is 20.5 Å². The molecule has 3 unspecified atom stereocenters. The van der Waals surface area contributed by atoms with Gasteiger partial charge in [-0.3, -0.25) is 4.79 Å². The van der Waals surface area contributed by atoms with Crippen molar-refractivity contribution >= 4 is 5.91 Å². The van der Waals surface area contributed by atoms with Crippen molar-refractivity contribution in [3.63, 3.8) is 0 Å². The number of aliphatic hydroxyl groups is 1. The van der Waals surface area contributed by atoms with Gasteiger partial charge >= 0.3 is 0 Å². The number of carbonyl (C=O) groups excluding carboxylic acids is 1. The molecule has 7 heteroatoms. The lowest BCUT2D eigenvalue weighted by Gasteiger charge is -2.31. The van der Waals surface area contributed by atoms with Crippen molar-refractivity contribution in [2.24, 2.45) is 5.73 Å². The number of amides is 1. The third-order valence-electron chi connectivity index (χ3n) is 4.94. The molecular weight excluding hydrogens is 348 g/mol. The zero-order valence-electron chi connectivity index (χ0n) is 16.5. The van der Waals surface area contributed by atoms with Crippen LogP contribution in [0.25, 0.3) is 0 Å². The molecule has 1 aliphatic heterocycles. The first-order chi connectivity index (χ1) is 12.9. The molecule has 0 bridgehead atoms. The molecule has 0 spiro atoms. The summed E-state index contributed by atoms with van der Waals surface area (Å²) in [6.45, 7) is 2.32. The Bertz CT molecular complexity index is 618. The van der Waals surface area contributed by atoms with Crippen molar-refractivity contribution in [3.8, 4) is 11.5 Å². The largest absolute Gasteiger partial charge is 0.493 e. The molecule has 1 fully saturated rings. The topological polar surface area (TPSA) is 103 Å². The summed E-state index contributed by atoms with van der Waals surface area (Å²) in [4.78, 5) is 12.6. The van der Waals surface area contributed by atoms with E-state index in [-0.39, 0.29) is 18.6 Å². The van der Waals surface area contributed by atoms with E-state index in [0.29, 0.717) is 24.3 Å². The molecule has 7 nitrogen and oxygen atoms in total. The Morgan fingerprint density at radius 3 is 2.70 bits per heavy atom. The second kappa shape index (κ2) is 9.92. The number of hydrogen-bond acceptors (Lipinski definition) is 6. The average Bonchev–Trinajstić information content (AvgIpc) is 2.68. The number of nitrogens with two attached hydrogens (primary N) is 1. The van der Waals surface area contributed by atoms with E-state index < -0.39 is 11.6 Å². The highest BCUT2D eigenvalue weighted by Gasteiger charge is 2.30. The van der Waals surface area contributed by atoms with Crippen LogP contribution in [0.1, 0.15) is 38.2 Å². The van der Waals surface area contributed by atoms with Crippen LogP contribution >= 0.6 is 0 Å². The lowest BCUT2D eigenvalue weighted by molar-refractivity contribution is -0.126. The normalized spacial score (nSPS) is 20.4. The van der Waals surface area contributed by atoms with Crippen LogP contribution in [0.5, 0.6) is 11.5 Å². The number of hydrogen-bond donors (Lipinski definition) is 3. The number of benzene rings is 1. The Labute approximate surface area is 161 Å². The van der Waals surface area contributed by atoms with Crippen molar-refractivity contribution in [1.82, 2.24) is 5.32 Å². The first-order valence-corrected chi connectivity index (χ1v) is 9.41. The quantitative estimate of drug-likeness (QED) is 0.598. The molecule has 1 aliphatic rings. The highest BCUT2D eigenvalue weighted by molar-refractivity contribution is 5.82. The predicted octanol–water partition coefficient (Wildman–Crippen LogP) is 1.40. The van der Waals surface area contributed by atoms with Gasteiger partial charge in [0.25, 0.3) is 0 Å². The zero-order chi connectivity index (χ0) is 19.9. The maximum Gasteiger partial charge on any atom is 0.237 e. The molecule has 0 aromatic heterocycles. The van der Waals surface area contributed by atoms with E-state index in [2.05, 4.69) is 5.32 Å². The number of rotatable bonds is 9. The van der Waals surface area contributed by atoms with Crippen LogP contribution in [-0.4, -0.2) is 56.1 Å². The number of nitrogens with one attached hydrogen (secondary N) is 1. The Morgan fingerprint density at radius 1 is 1.37 bits per heavy atom. The van der Waals surface area contributed by atoms with E-state index in [1.165, 1.54) is 0 Å². The summed E-state index contributed by atoms with van der Waals surface area (Å²) in [5.74, 6) is 0.958. The highest BCUT2D eigenvalue weighted by atomic mass is 16.5. The monoisotopic (exact) mass is 380 g/mol. The van der Waals surface area contributed by atoms with Gasteiger partial charge in [-0.15, -0.1) is 0 Å². The van der Waals surface area contributed by atoms with Crippen LogP contribution in [-0.2, 0) is 16.0 Å². The summed E-state index contributed by atoms with van der Waals surface area (Å²) < 4.78 is 16.2. The van der Waals surface area contributed by atoms with Crippen molar-refractivity contribution in [1.29, 1.82) is 0 Å². The van der Waals surface area contributed by atoms with E-state index in [1.54, 1.807) is 27.2 Å². The van der Waals surface area contributed by atoms with Crippen LogP contribution in [0.3, 0.4) is 0 Å². The Morgan fingerprint density at radius 2 is 2.11 bits per heavy atom. The van der Waals surface area contributed by atoms with Crippen LogP contribution in [0, 0.1) is 0 Å². The fraction of sp³-hybridized carbons (Fsp3) is 0.650. The van der Waals surface area contributed by atoms with E-state index in [0.717, 1.165) is 31.4 Å². The van der Waals surface area contributed by atoms with Gasteiger partial charge in [0.1, 0.15) is 0 Å². The second-order valence-corrected chi connectivity index (χ2v) is 7.40. The first-order valence-electron chi connectivity index (χ1n) is 9.41. The van der Waals surface area contributed by atoms with E-state index in [9.17, 15) is 9.90 Å². The van der Waals surface area contributed by atoms with Gasteiger partial charge in [0, 0.05) is 6.61 Å². The maximum atomic E-state index is 12.6. The second-order valence-electron chi connectivity index (χ2n) is 7.40. The number of ether oxygens (including phenoxy) is 3. The third-order valence-corrected chi connectivity index (χ3v) is 4.94. The van der Waals surface area contributed by atoms with Gasteiger partial charge in [-0.2, -0.15) is 0 Å². The lowest BCUT2D eigenvalue weighted by atomic mass is 9.92. The molecular formula is C20H32N2O5. The van der Waals surface area contributed by atoms with Crippen LogP contribution in [0.2, 0.25) is 0 Å². The molecule has 152 valence electrons. The fourth-order valence-corrected chi connectivity index (χ4v) is 3.35. The van der Waals surface area contributed by atoms with Gasteiger partial charge < -0.3 is 30.4 Å². The van der Waals surface area contributed by atoms with E-state index in [1.807, 2.05) is 12.1 Å². The maximum absolute atomic E-state index is 12.6. The molecule has 2 rings (SSSR count). The van der Waals surface area contributed by atoms with Gasteiger partial charge in [0.2, 0.25) is 5.91 Å². The van der Waals surface area contributed by atoms with E-state index >= 15 is 0 Å². The highest BCUT2D eigenvalue weighted by Crippen LogP contribution is 2.29. The van der Waals surface area contributed by atoms with Gasteiger partial charge in [0.05, 0.1) is 38.5 Å². The van der Waals surface area contributed by atoms with Gasteiger partial charge in [-0.25, -0.2) is 0 Å². The number of methoxy groups -OCH3 is 2. The summed E-state index contributed by atoms with van der Waals surface area (Å²) in [7, 11) is 3.15. The van der Waals surface area contributed by atoms with E-state index in [4.69, 9.17) is 19.9 Å². The molecule has 0 aliphatic carbocycles. The predicted molar refractivity (Wildman–Crippen MR) is 103 cm³/mol. The summed E-state index contributed by atoms with van der Waals surface area (Å²) in [5.41, 5.74) is 6.16. The summed E-state index contributed by atoms with van der Waals surface area (Å²) in [6, 6.07) is 4.87. The number of carbonyl (C=O) groups is 1. The molecule has 27 heavy (non-hydrogen) atoms. The molecule has 3 atom stereocenters. The summed E-state index contributed by atoms with van der Waals surface area (Å²) >= 11 is 0. The van der Waals surface area contributed by atoms with Crippen molar-refractivity contribution in [3.05, 3.63) is 23.8 Å². The summed E-state index contributed by atoms with van der Waals surface area (Å²) in [6.07, 6.45) is 4.06. The Balaban J connectivity index is 1.99. The lowest BCUT2D eigenvalue weighted by Crippen LogP contribution is -2.55. The standard InChI is InChI=1S/C20H32N2O5/c1-20(13-23,12-14-7-8-17(25-2)18(10-14)26-3)22-19(24)16(21)11-15-6-4-5-9-27-15/h7-8,10,15-16,23H,4-6,9,11-13,21H2,1-3H3,(H,22,24). The van der Waals surface area contributed by atoms with Crippen LogP contribution in [0.15, 0.2) is 18.2 Å². The molecule has 4 N–H and O–H groups in total. The van der Waals surface area contributed by atoms with Gasteiger partial charge in [-0.05, 0) is 56.7 Å². The molecule has 1 aromatic rings. The van der Waals surface area contributed by atoms with Gasteiger partial charge in [-0.1, -0.05) is 6.07 Å². The minimum Gasteiger partial charge on any atom is -0.493 e. The van der Waals surface area contributed by atoms with Gasteiger partial charge in [0.15, 0.2) is 11.5 Å². The van der Waals surface area contributed by atoms with Crippen molar-refractivity contribution < 1.29 is 24.1 Å². The molecule has 0 radical (unpaired) electrons. The minimum atomic E-state index is -0.832. The summed E-state index contributed by atoms with van der Waals surface area (Å²) in [5, 5.41) is 12.8. The number of aliphatic hydroxyl groups excluding tert-OH is 1. The molecule has 1 heterocycles. The average molecular weight is 380 g/mol. The van der Waals surface area contributed by atoms with Crippen molar-refractivity contribution in [2.45, 2.75) is 56.7 Å². The smallest absolute Gasteiger partial charge is 0.237 e. The molecule has 1 saturated heterocycles.